The van der Waals surface area contributed by atoms with Gasteiger partial charge in [-0.25, -0.2) is 0 Å². The van der Waals surface area contributed by atoms with E-state index in [1.54, 1.807) is 4.90 Å². The number of amides is 1. The molecule has 0 saturated carbocycles. The molecule has 4 saturated heterocycles. The van der Waals surface area contributed by atoms with Gasteiger partial charge in [-0.05, 0) is 38.0 Å². The molecule has 4 aliphatic heterocycles. The fraction of sp³-hybridized carbons (Fsp3) is 0.933. The van der Waals surface area contributed by atoms with Gasteiger partial charge in [0, 0.05) is 37.5 Å². The summed E-state index contributed by atoms with van der Waals surface area (Å²) in [4.78, 5) is 16.5. The molecule has 2 N–H and O–H groups in total. The summed E-state index contributed by atoms with van der Waals surface area (Å²) in [6, 6.07) is 0.496. The molecule has 5 heteroatoms. The van der Waals surface area contributed by atoms with Crippen LogP contribution in [-0.4, -0.2) is 63.4 Å². The molecule has 6 unspecified atom stereocenters. The van der Waals surface area contributed by atoms with Crippen LogP contribution in [0, 0.1) is 11.8 Å². The molecule has 6 atom stereocenters. The number of hydrogen-bond donors (Lipinski definition) is 2. The van der Waals surface area contributed by atoms with Crippen LogP contribution in [0.3, 0.4) is 0 Å². The topological polar surface area (TPSA) is 64.0 Å². The molecule has 112 valence electrons. The summed E-state index contributed by atoms with van der Waals surface area (Å²) in [5.74, 6) is 0.773. The SMILES string of the molecule is O=C1CCCC2C3CC(C4CC(O)CCN4C3)C(O)N12. The maximum atomic E-state index is 12.2. The Labute approximate surface area is 119 Å². The standard InChI is InChI=1S/C15H24N2O3/c18-10-4-5-16-8-9-6-11(13(16)7-10)15(20)17-12(9)2-1-3-14(17)19/h9-13,15,18,20H,1-8H2. The third-order valence-electron chi connectivity index (χ3n) is 6.02. The zero-order valence-electron chi connectivity index (χ0n) is 11.8. The first kappa shape index (κ1) is 13.0. The van der Waals surface area contributed by atoms with Gasteiger partial charge in [0.15, 0.2) is 0 Å². The monoisotopic (exact) mass is 280 g/mol. The van der Waals surface area contributed by atoms with E-state index in [2.05, 4.69) is 4.90 Å². The van der Waals surface area contributed by atoms with Gasteiger partial charge in [-0.1, -0.05) is 0 Å². The van der Waals surface area contributed by atoms with Crippen LogP contribution in [0.4, 0.5) is 0 Å². The molecule has 4 aliphatic rings. The number of fused-ring (bicyclic) bond motifs is 6. The largest absolute Gasteiger partial charge is 0.393 e. The minimum atomic E-state index is -0.637. The number of nitrogens with zero attached hydrogens (tertiary/aromatic N) is 2. The smallest absolute Gasteiger partial charge is 0.224 e. The van der Waals surface area contributed by atoms with Crippen LogP contribution in [0.25, 0.3) is 0 Å². The summed E-state index contributed by atoms with van der Waals surface area (Å²) in [7, 11) is 0. The van der Waals surface area contributed by atoms with Gasteiger partial charge in [-0.15, -0.1) is 0 Å². The van der Waals surface area contributed by atoms with Crippen LogP contribution < -0.4 is 0 Å². The molecular formula is C15H24N2O3. The predicted molar refractivity (Wildman–Crippen MR) is 72.7 cm³/mol. The number of carbonyl (C=O) groups is 1. The summed E-state index contributed by atoms with van der Waals surface area (Å²) in [6.45, 7) is 1.97. The molecule has 4 rings (SSSR count). The minimum Gasteiger partial charge on any atom is -0.393 e. The minimum absolute atomic E-state index is 0.127. The number of rotatable bonds is 0. The summed E-state index contributed by atoms with van der Waals surface area (Å²) >= 11 is 0. The second-order valence-corrected chi connectivity index (χ2v) is 7.07. The van der Waals surface area contributed by atoms with Crippen molar-refractivity contribution >= 4 is 5.91 Å². The first-order valence-corrected chi connectivity index (χ1v) is 8.06. The van der Waals surface area contributed by atoms with E-state index in [9.17, 15) is 15.0 Å². The average Bonchev–Trinajstić information content (AvgIpc) is 2.44. The Hall–Kier alpha value is -0.650. The molecule has 0 aromatic carbocycles. The van der Waals surface area contributed by atoms with Crippen LogP contribution in [0.2, 0.25) is 0 Å². The van der Waals surface area contributed by atoms with Crippen molar-refractivity contribution in [1.82, 2.24) is 9.80 Å². The van der Waals surface area contributed by atoms with Crippen molar-refractivity contribution in [3.05, 3.63) is 0 Å². The molecule has 5 nitrogen and oxygen atoms in total. The second-order valence-electron chi connectivity index (χ2n) is 7.07. The predicted octanol–water partition coefficient (Wildman–Crippen LogP) is 0.161. The van der Waals surface area contributed by atoms with E-state index in [0.717, 1.165) is 45.2 Å². The molecule has 4 heterocycles. The fourth-order valence-electron chi connectivity index (χ4n) is 5.11. The molecule has 4 fully saturated rings. The second kappa shape index (κ2) is 4.68. The van der Waals surface area contributed by atoms with Crippen molar-refractivity contribution in [2.75, 3.05) is 13.1 Å². The molecule has 0 aromatic rings. The van der Waals surface area contributed by atoms with E-state index >= 15 is 0 Å². The number of aliphatic hydroxyl groups is 2. The Bertz CT molecular complexity index is 414. The van der Waals surface area contributed by atoms with E-state index < -0.39 is 6.23 Å². The summed E-state index contributed by atoms with van der Waals surface area (Å²) in [5, 5.41) is 20.6. The Balaban J connectivity index is 1.63. The van der Waals surface area contributed by atoms with E-state index in [0.29, 0.717) is 12.3 Å². The molecule has 0 radical (unpaired) electrons. The molecule has 0 aromatic heterocycles. The number of carbonyl (C=O) groups excluding carboxylic acids is 1. The van der Waals surface area contributed by atoms with Gasteiger partial charge >= 0.3 is 0 Å². The number of piperidine rings is 4. The molecule has 0 aliphatic carbocycles. The highest BCUT2D eigenvalue weighted by molar-refractivity contribution is 5.77. The van der Waals surface area contributed by atoms with E-state index in [1.807, 2.05) is 0 Å². The highest BCUT2D eigenvalue weighted by Gasteiger charge is 2.53. The lowest BCUT2D eigenvalue weighted by atomic mass is 9.69. The van der Waals surface area contributed by atoms with Crippen molar-refractivity contribution in [2.24, 2.45) is 11.8 Å². The van der Waals surface area contributed by atoms with Gasteiger partial charge in [0.2, 0.25) is 5.91 Å². The molecule has 0 spiro atoms. The quantitative estimate of drug-likeness (QED) is 0.663. The van der Waals surface area contributed by atoms with E-state index in [-0.39, 0.29) is 30.0 Å². The molecule has 1 amide bonds. The van der Waals surface area contributed by atoms with Gasteiger partial charge in [0.1, 0.15) is 6.23 Å². The lowest BCUT2D eigenvalue weighted by Crippen LogP contribution is -2.69. The Morgan fingerprint density at radius 3 is 2.80 bits per heavy atom. The van der Waals surface area contributed by atoms with Gasteiger partial charge < -0.3 is 15.1 Å². The number of aliphatic hydroxyl groups excluding tert-OH is 2. The van der Waals surface area contributed by atoms with Crippen molar-refractivity contribution in [2.45, 2.75) is 62.9 Å². The third kappa shape index (κ3) is 1.83. The lowest BCUT2D eigenvalue weighted by molar-refractivity contribution is -0.194. The maximum Gasteiger partial charge on any atom is 0.224 e. The van der Waals surface area contributed by atoms with Crippen molar-refractivity contribution in [3.8, 4) is 0 Å². The third-order valence-corrected chi connectivity index (χ3v) is 6.02. The molecule has 20 heavy (non-hydrogen) atoms. The van der Waals surface area contributed by atoms with Crippen molar-refractivity contribution in [1.29, 1.82) is 0 Å². The van der Waals surface area contributed by atoms with Gasteiger partial charge in [0.25, 0.3) is 0 Å². The zero-order chi connectivity index (χ0) is 13.9. The Morgan fingerprint density at radius 1 is 1.10 bits per heavy atom. The first-order valence-electron chi connectivity index (χ1n) is 8.06. The zero-order valence-corrected chi connectivity index (χ0v) is 11.8. The first-order chi connectivity index (χ1) is 9.65. The summed E-state index contributed by atoms with van der Waals surface area (Å²) in [6.07, 6.45) is 4.34. The lowest BCUT2D eigenvalue weighted by Gasteiger charge is -2.59. The van der Waals surface area contributed by atoms with Crippen LogP contribution in [0.1, 0.15) is 38.5 Å². The van der Waals surface area contributed by atoms with Gasteiger partial charge in [-0.2, -0.15) is 0 Å². The normalized spacial score (nSPS) is 48.7. The molecular weight excluding hydrogens is 256 g/mol. The van der Waals surface area contributed by atoms with Crippen molar-refractivity contribution in [3.63, 3.8) is 0 Å². The van der Waals surface area contributed by atoms with Crippen LogP contribution >= 0.6 is 0 Å². The van der Waals surface area contributed by atoms with Crippen LogP contribution in [0.15, 0.2) is 0 Å². The highest BCUT2D eigenvalue weighted by atomic mass is 16.3. The van der Waals surface area contributed by atoms with E-state index in [4.69, 9.17) is 0 Å². The Morgan fingerprint density at radius 2 is 1.95 bits per heavy atom. The molecule has 2 bridgehead atoms. The number of hydrogen-bond acceptors (Lipinski definition) is 4. The van der Waals surface area contributed by atoms with Gasteiger partial charge in [-0.3, -0.25) is 9.69 Å². The average molecular weight is 280 g/mol. The van der Waals surface area contributed by atoms with Crippen LogP contribution in [-0.2, 0) is 4.79 Å². The van der Waals surface area contributed by atoms with Crippen molar-refractivity contribution < 1.29 is 15.0 Å². The van der Waals surface area contributed by atoms with Crippen LogP contribution in [0.5, 0.6) is 0 Å². The Kier molecular flexibility index (Phi) is 3.05. The maximum absolute atomic E-state index is 12.2. The highest BCUT2D eigenvalue weighted by Crippen LogP contribution is 2.45. The fourth-order valence-corrected chi connectivity index (χ4v) is 5.11. The van der Waals surface area contributed by atoms with Gasteiger partial charge in [0.05, 0.1) is 6.10 Å². The van der Waals surface area contributed by atoms with E-state index in [1.165, 1.54) is 0 Å². The summed E-state index contributed by atoms with van der Waals surface area (Å²) in [5.41, 5.74) is 0. The summed E-state index contributed by atoms with van der Waals surface area (Å²) < 4.78 is 0.